The number of carbonyl (C=O) groups is 2. The third-order valence-electron chi connectivity index (χ3n) is 8.58. The summed E-state index contributed by atoms with van der Waals surface area (Å²) in [5.41, 5.74) is 5.26. The molecule has 3 aliphatic carbocycles. The summed E-state index contributed by atoms with van der Waals surface area (Å²) >= 11 is 0. The predicted molar refractivity (Wildman–Crippen MR) is 146 cm³/mol. The van der Waals surface area contributed by atoms with Crippen molar-refractivity contribution in [3.63, 3.8) is 0 Å². The van der Waals surface area contributed by atoms with Crippen molar-refractivity contribution in [1.29, 1.82) is 0 Å². The average Bonchev–Trinajstić information content (AvgIpc) is 3.32. The van der Waals surface area contributed by atoms with Crippen LogP contribution in [0.5, 0.6) is 5.88 Å². The number of fused-ring (bicyclic) bond motifs is 2. The summed E-state index contributed by atoms with van der Waals surface area (Å²) in [7, 11) is 0. The second-order valence-electron chi connectivity index (χ2n) is 12.5. The fourth-order valence-electron chi connectivity index (χ4n) is 6.60. The Labute approximate surface area is 222 Å². The number of rotatable bonds is 12. The van der Waals surface area contributed by atoms with E-state index in [1.54, 1.807) is 17.1 Å². The van der Waals surface area contributed by atoms with Crippen LogP contribution < -0.4 is 21.1 Å². The lowest BCUT2D eigenvalue weighted by Crippen LogP contribution is -2.42. The topological polar surface area (TPSA) is 111 Å². The van der Waals surface area contributed by atoms with E-state index < -0.39 is 5.41 Å². The van der Waals surface area contributed by atoms with Gasteiger partial charge in [0.05, 0.1) is 18.2 Å². The van der Waals surface area contributed by atoms with Gasteiger partial charge in [0.15, 0.2) is 0 Å². The maximum Gasteiger partial charge on any atom is 0.258 e. The van der Waals surface area contributed by atoms with Gasteiger partial charge in [-0.3, -0.25) is 9.59 Å². The summed E-state index contributed by atoms with van der Waals surface area (Å²) in [4.78, 5) is 26.3. The Morgan fingerprint density at radius 2 is 2.00 bits per heavy atom. The largest absolute Gasteiger partial charge is 0.477 e. The highest BCUT2D eigenvalue weighted by Gasteiger charge is 2.49. The molecule has 37 heavy (non-hydrogen) atoms. The molecular formula is C29H47N5O3. The van der Waals surface area contributed by atoms with E-state index in [9.17, 15) is 9.59 Å². The van der Waals surface area contributed by atoms with Crippen LogP contribution in [0, 0.1) is 35.0 Å². The molecule has 0 spiro atoms. The number of amides is 2. The van der Waals surface area contributed by atoms with Crippen LogP contribution in [0.3, 0.4) is 0 Å². The van der Waals surface area contributed by atoms with Crippen LogP contribution in [0.1, 0.15) is 89.4 Å². The van der Waals surface area contributed by atoms with E-state index >= 15 is 0 Å². The highest BCUT2D eigenvalue weighted by Crippen LogP contribution is 2.53. The van der Waals surface area contributed by atoms with Crippen molar-refractivity contribution in [3.05, 3.63) is 17.8 Å². The van der Waals surface area contributed by atoms with Gasteiger partial charge in [0.25, 0.3) is 5.91 Å². The van der Waals surface area contributed by atoms with E-state index in [0.717, 1.165) is 24.7 Å². The van der Waals surface area contributed by atoms with Crippen molar-refractivity contribution in [2.24, 2.45) is 40.7 Å². The van der Waals surface area contributed by atoms with E-state index in [1.165, 1.54) is 38.5 Å². The minimum atomic E-state index is -0.745. The molecule has 206 valence electrons. The van der Waals surface area contributed by atoms with Gasteiger partial charge in [-0.15, -0.1) is 0 Å². The standard InChI is InChI=1S/C29H47N5O3/c1-19(2)18-37-27-24(17-32-34(27)13-10-29(3,4)28(36)31-12-6-5-11-30)26(35)33-25-22-15-20-8-7-9-23(25)21(14-20)16-22/h10,13,17,19-23,25H,5-9,11-12,14-16,18,30H2,1-4H3,(H,31,36)(H,33,35)/b13-10+. The second kappa shape index (κ2) is 12.0. The molecule has 3 saturated carbocycles. The highest BCUT2D eigenvalue weighted by molar-refractivity contribution is 5.96. The van der Waals surface area contributed by atoms with Gasteiger partial charge in [-0.05, 0) is 88.5 Å². The predicted octanol–water partition coefficient (Wildman–Crippen LogP) is 4.21. The minimum absolute atomic E-state index is 0.0614. The van der Waals surface area contributed by atoms with Crippen molar-refractivity contribution in [3.8, 4) is 5.88 Å². The number of nitrogens with two attached hydrogens (primary N) is 1. The zero-order chi connectivity index (χ0) is 26.6. The lowest BCUT2D eigenvalue weighted by atomic mass is 9.79. The molecular weight excluding hydrogens is 466 g/mol. The summed E-state index contributed by atoms with van der Waals surface area (Å²) < 4.78 is 7.70. The average molecular weight is 514 g/mol. The van der Waals surface area contributed by atoms with Crippen molar-refractivity contribution in [2.75, 3.05) is 19.7 Å². The van der Waals surface area contributed by atoms with Gasteiger partial charge >= 0.3 is 0 Å². The molecule has 1 aromatic heterocycles. The molecule has 0 saturated heterocycles. The first-order valence-electron chi connectivity index (χ1n) is 14.4. The molecule has 4 N–H and O–H groups in total. The minimum Gasteiger partial charge on any atom is -0.477 e. The molecule has 8 nitrogen and oxygen atoms in total. The van der Waals surface area contributed by atoms with Crippen LogP contribution in [-0.2, 0) is 4.79 Å². The number of unbranched alkanes of at least 4 members (excludes halogenated alkanes) is 1. The second-order valence-corrected chi connectivity index (χ2v) is 12.5. The number of carbonyl (C=O) groups excluding carboxylic acids is 2. The van der Waals surface area contributed by atoms with Gasteiger partial charge in [-0.2, -0.15) is 5.10 Å². The fraction of sp³-hybridized carbons (Fsp3) is 0.759. The number of nitrogens with zero attached hydrogens (tertiary/aromatic N) is 2. The third-order valence-corrected chi connectivity index (χ3v) is 8.58. The zero-order valence-corrected chi connectivity index (χ0v) is 23.2. The number of aromatic nitrogens is 2. The van der Waals surface area contributed by atoms with Crippen LogP contribution in [0.4, 0.5) is 0 Å². The summed E-state index contributed by atoms with van der Waals surface area (Å²) in [6.45, 7) is 9.58. The quantitative estimate of drug-likeness (QED) is 0.363. The van der Waals surface area contributed by atoms with Crippen LogP contribution in [-0.4, -0.2) is 47.3 Å². The van der Waals surface area contributed by atoms with Crippen LogP contribution >= 0.6 is 0 Å². The maximum atomic E-state index is 13.6. The Hall–Kier alpha value is -2.35. The van der Waals surface area contributed by atoms with Gasteiger partial charge in [-0.1, -0.05) is 32.8 Å². The van der Waals surface area contributed by atoms with Crippen molar-refractivity contribution < 1.29 is 14.3 Å². The Kier molecular flexibility index (Phi) is 8.98. The van der Waals surface area contributed by atoms with Crippen LogP contribution in [0.15, 0.2) is 12.3 Å². The monoisotopic (exact) mass is 513 g/mol. The normalized spacial score (nSPS) is 27.0. The molecule has 3 aliphatic rings. The number of ether oxygens (including phenoxy) is 1. The van der Waals surface area contributed by atoms with E-state index in [0.29, 0.717) is 48.9 Å². The molecule has 0 aromatic carbocycles. The lowest BCUT2D eigenvalue weighted by Gasteiger charge is -2.30. The van der Waals surface area contributed by atoms with E-state index in [-0.39, 0.29) is 17.9 Å². The molecule has 0 aliphatic heterocycles. The first-order valence-corrected chi connectivity index (χ1v) is 14.4. The van der Waals surface area contributed by atoms with Crippen LogP contribution in [0.25, 0.3) is 6.20 Å². The first kappa shape index (κ1) is 27.7. The van der Waals surface area contributed by atoms with Gasteiger partial charge in [0, 0.05) is 18.8 Å². The Morgan fingerprint density at radius 3 is 2.76 bits per heavy atom. The van der Waals surface area contributed by atoms with Crippen molar-refractivity contribution >= 4 is 18.0 Å². The SMILES string of the molecule is CC(C)COc1c(C(=O)NC2C3CC4CCCC2C(C4)C3)cnn1/C=C/C(C)(C)C(=O)NCCCCN. The molecule has 5 atom stereocenters. The van der Waals surface area contributed by atoms with Gasteiger partial charge in [-0.25, -0.2) is 4.68 Å². The molecule has 1 aromatic rings. The summed E-state index contributed by atoms with van der Waals surface area (Å²) in [6, 6.07) is 0.251. The first-order chi connectivity index (χ1) is 17.7. The van der Waals surface area contributed by atoms with Crippen molar-refractivity contribution in [1.82, 2.24) is 20.4 Å². The molecule has 4 rings (SSSR count). The molecule has 0 radical (unpaired) electrons. The molecule has 2 amide bonds. The molecule has 3 fully saturated rings. The van der Waals surface area contributed by atoms with Crippen LogP contribution in [0.2, 0.25) is 0 Å². The smallest absolute Gasteiger partial charge is 0.258 e. The van der Waals surface area contributed by atoms with E-state index in [1.807, 2.05) is 19.9 Å². The number of nitrogens with one attached hydrogen (secondary N) is 2. The van der Waals surface area contributed by atoms with Gasteiger partial charge < -0.3 is 21.1 Å². The summed E-state index contributed by atoms with van der Waals surface area (Å²) in [5.74, 6) is 3.37. The lowest BCUT2D eigenvalue weighted by molar-refractivity contribution is -0.127. The molecule has 5 unspecified atom stereocenters. The third kappa shape index (κ3) is 6.57. The van der Waals surface area contributed by atoms with Gasteiger partial charge in [0.1, 0.15) is 5.56 Å². The molecule has 3 bridgehead atoms. The Balaban J connectivity index is 1.48. The van der Waals surface area contributed by atoms with E-state index in [4.69, 9.17) is 10.5 Å². The Morgan fingerprint density at radius 1 is 1.22 bits per heavy atom. The van der Waals surface area contributed by atoms with E-state index in [2.05, 4.69) is 29.6 Å². The summed E-state index contributed by atoms with van der Waals surface area (Å²) in [5, 5.41) is 10.9. The highest BCUT2D eigenvalue weighted by atomic mass is 16.5. The fourth-order valence-corrected chi connectivity index (χ4v) is 6.60. The number of hydrogen-bond acceptors (Lipinski definition) is 5. The van der Waals surface area contributed by atoms with Crippen molar-refractivity contribution in [2.45, 2.75) is 85.1 Å². The molecule has 8 heteroatoms. The Bertz CT molecular complexity index is 969. The molecule has 1 heterocycles. The summed E-state index contributed by atoms with van der Waals surface area (Å²) in [6.07, 6.45) is 14.6. The maximum absolute atomic E-state index is 13.6. The zero-order valence-electron chi connectivity index (χ0n) is 23.2. The number of hydrogen-bond donors (Lipinski definition) is 3. The van der Waals surface area contributed by atoms with Gasteiger partial charge in [0.2, 0.25) is 11.8 Å².